The predicted molar refractivity (Wildman–Crippen MR) is 234 cm³/mol. The molecule has 0 aliphatic heterocycles. The molecule has 0 aromatic heterocycles. The summed E-state index contributed by atoms with van der Waals surface area (Å²) in [6.07, 6.45) is 17.9. The fourth-order valence-corrected chi connectivity index (χ4v) is 9.46. The van der Waals surface area contributed by atoms with Crippen LogP contribution in [-0.2, 0) is 17.3 Å². The standard InChI is InChI=1S/C48H32Br4/c49-45-25-27-47(51,28-26-45)43-21-13-39(14-22-43)35-5-7-36(8-6-35)40-15-23-44(24-16-40)48(52)31-29-46(50,30-32-48)42-19-11-38(12-20-42)34-2-1-33(3-4-34)37-9-17-41(45)18-10-37/h1-32H. The molecule has 6 aromatic carbocycles. The highest BCUT2D eigenvalue weighted by molar-refractivity contribution is 9.10. The predicted octanol–water partition coefficient (Wildman–Crippen LogP) is 14.7. The molecule has 0 saturated heterocycles. The van der Waals surface area contributed by atoms with E-state index >= 15 is 0 Å². The molecule has 0 radical (unpaired) electrons. The summed E-state index contributed by atoms with van der Waals surface area (Å²) in [5.74, 6) is 0. The van der Waals surface area contributed by atoms with E-state index in [0.717, 1.165) is 0 Å². The molecule has 0 amide bonds. The van der Waals surface area contributed by atoms with Gasteiger partial charge in [0.1, 0.15) is 0 Å². The van der Waals surface area contributed by atoms with Gasteiger partial charge in [-0.3, -0.25) is 0 Å². The maximum atomic E-state index is 4.04. The van der Waals surface area contributed by atoms with E-state index in [1.54, 1.807) is 0 Å². The Labute approximate surface area is 339 Å². The molecular weight excluding hydrogens is 896 g/mol. The second-order valence-electron chi connectivity index (χ2n) is 13.9. The summed E-state index contributed by atoms with van der Waals surface area (Å²) in [4.78, 5) is 0. The zero-order valence-corrected chi connectivity index (χ0v) is 34.3. The van der Waals surface area contributed by atoms with Crippen molar-refractivity contribution in [3.8, 4) is 44.5 Å². The van der Waals surface area contributed by atoms with Crippen LogP contribution in [0, 0.1) is 0 Å². The lowest BCUT2D eigenvalue weighted by Gasteiger charge is -2.31. The molecule has 0 N–H and O–H groups in total. The van der Waals surface area contributed by atoms with Crippen LogP contribution < -0.4 is 0 Å². The molecule has 15 aliphatic rings. The van der Waals surface area contributed by atoms with Crippen molar-refractivity contribution < 1.29 is 0 Å². The van der Waals surface area contributed by atoms with Crippen LogP contribution in [0.4, 0.5) is 0 Å². The Morgan fingerprint density at radius 2 is 0.308 bits per heavy atom. The Hall–Kier alpha value is -3.80. The monoisotopic (exact) mass is 924 g/mol. The molecule has 0 spiro atoms. The topological polar surface area (TPSA) is 0 Å². The van der Waals surface area contributed by atoms with Gasteiger partial charge in [-0.25, -0.2) is 0 Å². The number of allylic oxidation sites excluding steroid dienone is 8. The van der Waals surface area contributed by atoms with Crippen molar-refractivity contribution in [2.75, 3.05) is 0 Å². The third-order valence-corrected chi connectivity index (χ3v) is 14.6. The van der Waals surface area contributed by atoms with E-state index in [0.29, 0.717) is 0 Å². The molecule has 0 saturated carbocycles. The minimum atomic E-state index is -0.381. The Morgan fingerprint density at radius 1 is 0.192 bits per heavy atom. The van der Waals surface area contributed by atoms with Crippen LogP contribution in [0.25, 0.3) is 44.5 Å². The van der Waals surface area contributed by atoms with Gasteiger partial charge in [-0.2, -0.15) is 0 Å². The molecule has 252 valence electrons. The van der Waals surface area contributed by atoms with Crippen molar-refractivity contribution in [1.82, 2.24) is 0 Å². The Morgan fingerprint density at radius 3 is 0.442 bits per heavy atom. The zero-order valence-electron chi connectivity index (χ0n) is 28.0. The lowest BCUT2D eigenvalue weighted by atomic mass is 9.85. The maximum absolute atomic E-state index is 4.04. The van der Waals surface area contributed by atoms with Crippen LogP contribution in [-0.4, -0.2) is 0 Å². The fraction of sp³-hybridized carbons (Fsp3) is 0.0833. The van der Waals surface area contributed by atoms with E-state index in [1.807, 2.05) is 0 Å². The van der Waals surface area contributed by atoms with Crippen LogP contribution in [0.1, 0.15) is 22.3 Å². The van der Waals surface area contributed by atoms with Crippen molar-refractivity contribution in [3.05, 3.63) is 216 Å². The van der Waals surface area contributed by atoms with E-state index in [2.05, 4.69) is 258 Å². The molecule has 0 atom stereocenters. The smallest absolute Gasteiger partial charge is 0.0709 e. The molecule has 0 heterocycles. The third kappa shape index (κ3) is 6.12. The Bertz CT molecular complexity index is 2020. The van der Waals surface area contributed by atoms with E-state index in [9.17, 15) is 0 Å². The summed E-state index contributed by atoms with van der Waals surface area (Å²) in [5, 5.41) is 0. The van der Waals surface area contributed by atoms with Crippen LogP contribution >= 0.6 is 63.7 Å². The van der Waals surface area contributed by atoms with Gasteiger partial charge in [-0.05, 0) is 66.8 Å². The van der Waals surface area contributed by atoms with E-state index in [-0.39, 0.29) is 17.3 Å². The molecule has 0 fully saturated rings. The van der Waals surface area contributed by atoms with Gasteiger partial charge in [0.15, 0.2) is 0 Å². The first-order valence-corrected chi connectivity index (χ1v) is 20.5. The van der Waals surface area contributed by atoms with Crippen LogP contribution in [0.2, 0.25) is 0 Å². The van der Waals surface area contributed by atoms with Crippen LogP contribution in [0.5, 0.6) is 0 Å². The number of alkyl halides is 4. The summed E-state index contributed by atoms with van der Waals surface area (Å²) in [6, 6.07) is 53.1. The van der Waals surface area contributed by atoms with Gasteiger partial charge in [0.05, 0.1) is 17.3 Å². The first kappa shape index (κ1) is 34.0. The summed E-state index contributed by atoms with van der Waals surface area (Å²) in [7, 11) is 0. The van der Waals surface area contributed by atoms with Crippen molar-refractivity contribution in [3.63, 3.8) is 0 Å². The quantitative estimate of drug-likeness (QED) is 0.105. The molecule has 21 rings (SSSR count). The molecule has 52 heavy (non-hydrogen) atoms. The first-order valence-electron chi connectivity index (χ1n) is 17.3. The van der Waals surface area contributed by atoms with Crippen molar-refractivity contribution >= 4 is 63.7 Å². The van der Waals surface area contributed by atoms with E-state index in [4.69, 9.17) is 0 Å². The molecular formula is C48H32Br4. The highest BCUT2D eigenvalue weighted by atomic mass is 79.9. The second-order valence-corrected chi connectivity index (χ2v) is 19.1. The van der Waals surface area contributed by atoms with Gasteiger partial charge < -0.3 is 0 Å². The summed E-state index contributed by atoms with van der Waals surface area (Å²) in [6.45, 7) is 0. The van der Waals surface area contributed by atoms with Crippen LogP contribution in [0.15, 0.2) is 194 Å². The number of benzene rings is 6. The molecule has 16 bridgehead atoms. The number of hydrogen-bond acceptors (Lipinski definition) is 0. The third-order valence-electron chi connectivity index (χ3n) is 10.7. The van der Waals surface area contributed by atoms with Crippen molar-refractivity contribution in [2.45, 2.75) is 17.3 Å². The Balaban J connectivity index is 1.08. The number of hydrogen-bond donors (Lipinski definition) is 0. The average molecular weight is 928 g/mol. The van der Waals surface area contributed by atoms with E-state index in [1.165, 1.54) is 66.8 Å². The molecule has 0 unspecified atom stereocenters. The van der Waals surface area contributed by atoms with Gasteiger partial charge >= 0.3 is 0 Å². The lowest BCUT2D eigenvalue weighted by molar-refractivity contribution is 0.899. The first-order chi connectivity index (χ1) is 25.1. The Kier molecular flexibility index (Phi) is 8.47. The second kappa shape index (κ2) is 13.0. The highest BCUT2D eigenvalue weighted by Crippen LogP contribution is 2.47. The minimum absolute atomic E-state index is 0.381. The van der Waals surface area contributed by atoms with Gasteiger partial charge in [0.25, 0.3) is 0 Å². The molecule has 15 aliphatic carbocycles. The summed E-state index contributed by atoms with van der Waals surface area (Å²) in [5.41, 5.74) is 14.3. The maximum Gasteiger partial charge on any atom is 0.0867 e. The minimum Gasteiger partial charge on any atom is -0.0709 e. The SMILES string of the molecule is BrC12C=CC(Br)(C=C1)c1ccc(cc1)-c1ccc(cc1)-c1ccc(cc1)C1(Br)C=CC(Br)(C=C1)c1ccc(cc1)-c1ccc(cc1)-c1ccc2cc1. The largest absolute Gasteiger partial charge is 0.0867 e. The fourth-order valence-electron chi connectivity index (χ4n) is 7.34. The summed E-state index contributed by atoms with van der Waals surface area (Å²) < 4.78 is -1.53. The number of rotatable bonds is 0. The van der Waals surface area contributed by atoms with Gasteiger partial charge in [-0.15, -0.1) is 0 Å². The van der Waals surface area contributed by atoms with Gasteiger partial charge in [-0.1, -0.05) is 258 Å². The van der Waals surface area contributed by atoms with Gasteiger partial charge in [0, 0.05) is 0 Å². The van der Waals surface area contributed by atoms with Crippen molar-refractivity contribution in [1.29, 1.82) is 0 Å². The summed E-state index contributed by atoms with van der Waals surface area (Å²) >= 11 is 16.2. The highest BCUT2D eigenvalue weighted by Gasteiger charge is 2.34. The molecule has 6 aromatic rings. The van der Waals surface area contributed by atoms with E-state index < -0.39 is 0 Å². The zero-order chi connectivity index (χ0) is 35.6. The average Bonchev–Trinajstić information content (AvgIpc) is 3.20. The lowest BCUT2D eigenvalue weighted by Crippen LogP contribution is -2.22. The molecule has 0 nitrogen and oxygen atoms in total. The normalized spacial score (nSPS) is 25.3. The van der Waals surface area contributed by atoms with Gasteiger partial charge in [0.2, 0.25) is 0 Å². The number of halogens is 4. The van der Waals surface area contributed by atoms with Crippen molar-refractivity contribution in [2.24, 2.45) is 0 Å². The van der Waals surface area contributed by atoms with Crippen LogP contribution in [0.3, 0.4) is 0 Å². The molecule has 4 heteroatoms.